The fourth-order valence-electron chi connectivity index (χ4n) is 0.690. The molecule has 1 fully saturated rings. The molecule has 0 radical (unpaired) electrons. The molecule has 0 amide bonds. The zero-order valence-corrected chi connectivity index (χ0v) is 5.84. The lowest BCUT2D eigenvalue weighted by molar-refractivity contribution is 0.0414. The molecule has 1 saturated carbocycles. The summed E-state index contributed by atoms with van der Waals surface area (Å²) in [5.74, 6) is 0.809. The third-order valence-corrected chi connectivity index (χ3v) is 1.41. The van der Waals surface area contributed by atoms with Gasteiger partial charge in [0, 0.05) is 6.61 Å². The van der Waals surface area contributed by atoms with Crippen LogP contribution >= 0.6 is 0 Å². The summed E-state index contributed by atoms with van der Waals surface area (Å²) in [6, 6.07) is 0. The lowest BCUT2D eigenvalue weighted by Crippen LogP contribution is -2.11. The van der Waals surface area contributed by atoms with Gasteiger partial charge in [0.25, 0.3) is 0 Å². The van der Waals surface area contributed by atoms with Crippen LogP contribution in [0.1, 0.15) is 19.8 Å². The van der Waals surface area contributed by atoms with Crippen LogP contribution in [0.3, 0.4) is 0 Å². The molecule has 0 spiro atoms. The second-order valence-electron chi connectivity index (χ2n) is 2.83. The van der Waals surface area contributed by atoms with Crippen LogP contribution in [0.2, 0.25) is 0 Å². The van der Waals surface area contributed by atoms with Crippen molar-refractivity contribution in [1.82, 2.24) is 0 Å². The van der Waals surface area contributed by atoms with Crippen molar-refractivity contribution in [3.63, 3.8) is 0 Å². The topological polar surface area (TPSA) is 29.5 Å². The highest BCUT2D eigenvalue weighted by Gasteiger charge is 2.21. The quantitative estimate of drug-likeness (QED) is 0.609. The number of hydrogen-bond donors (Lipinski definition) is 1. The molecule has 0 bridgehead atoms. The van der Waals surface area contributed by atoms with E-state index >= 15 is 0 Å². The molecule has 0 unspecified atom stereocenters. The van der Waals surface area contributed by atoms with E-state index in [0.717, 1.165) is 12.5 Å². The average molecular weight is 130 g/mol. The number of aliphatic hydroxyl groups excluding tert-OH is 1. The van der Waals surface area contributed by atoms with Gasteiger partial charge in [-0.15, -0.1) is 0 Å². The maximum atomic E-state index is 8.76. The van der Waals surface area contributed by atoms with Gasteiger partial charge in [0.1, 0.15) is 0 Å². The van der Waals surface area contributed by atoms with Crippen molar-refractivity contribution in [3.05, 3.63) is 0 Å². The normalized spacial score (nSPS) is 22.0. The zero-order valence-electron chi connectivity index (χ0n) is 5.84. The largest absolute Gasteiger partial charge is 0.391 e. The Morgan fingerprint density at radius 1 is 1.67 bits per heavy atom. The second-order valence-corrected chi connectivity index (χ2v) is 2.83. The van der Waals surface area contributed by atoms with E-state index in [1.165, 1.54) is 12.8 Å². The molecule has 1 rings (SSSR count). The Morgan fingerprint density at radius 3 is 2.78 bits per heavy atom. The monoisotopic (exact) mass is 130 g/mol. The Bertz CT molecular complexity index is 75.0. The maximum absolute atomic E-state index is 8.76. The third-order valence-electron chi connectivity index (χ3n) is 1.41. The molecule has 0 aromatic rings. The minimum absolute atomic E-state index is 0.302. The third kappa shape index (κ3) is 3.49. The highest BCUT2D eigenvalue weighted by atomic mass is 16.5. The summed E-state index contributed by atoms with van der Waals surface area (Å²) in [6.07, 6.45) is 2.34. The molecule has 1 aliphatic rings. The summed E-state index contributed by atoms with van der Waals surface area (Å²) in [6.45, 7) is 3.09. The van der Waals surface area contributed by atoms with E-state index in [9.17, 15) is 0 Å². The van der Waals surface area contributed by atoms with Crippen LogP contribution in [0.15, 0.2) is 0 Å². The first kappa shape index (κ1) is 7.03. The van der Waals surface area contributed by atoms with Crippen LogP contribution in [0.5, 0.6) is 0 Å². The molecule has 1 aliphatic carbocycles. The summed E-state index contributed by atoms with van der Waals surface area (Å²) in [4.78, 5) is 0. The summed E-state index contributed by atoms with van der Waals surface area (Å²) in [5.41, 5.74) is 0. The lowest BCUT2D eigenvalue weighted by Gasteiger charge is -2.03. The van der Waals surface area contributed by atoms with Crippen LogP contribution in [-0.4, -0.2) is 24.4 Å². The molecular formula is C7H14O2. The van der Waals surface area contributed by atoms with Crippen molar-refractivity contribution in [2.45, 2.75) is 25.9 Å². The van der Waals surface area contributed by atoms with E-state index in [0.29, 0.717) is 6.61 Å². The fraction of sp³-hybridized carbons (Fsp3) is 1.00. The SMILES string of the molecule is C[C@@H](O)COCC1CC1. The Balaban J connectivity index is 1.81. The van der Waals surface area contributed by atoms with Crippen LogP contribution < -0.4 is 0 Å². The van der Waals surface area contributed by atoms with Gasteiger partial charge in [-0.25, -0.2) is 0 Å². The molecule has 1 atom stereocenters. The van der Waals surface area contributed by atoms with Gasteiger partial charge in [-0.3, -0.25) is 0 Å². The molecular weight excluding hydrogens is 116 g/mol. The van der Waals surface area contributed by atoms with Crippen molar-refractivity contribution in [2.75, 3.05) is 13.2 Å². The molecule has 0 saturated heterocycles. The molecule has 2 heteroatoms. The predicted molar refractivity (Wildman–Crippen MR) is 35.2 cm³/mol. The molecule has 0 aliphatic heterocycles. The van der Waals surface area contributed by atoms with Gasteiger partial charge in [-0.1, -0.05) is 0 Å². The fourth-order valence-corrected chi connectivity index (χ4v) is 0.690. The Hall–Kier alpha value is -0.0800. The maximum Gasteiger partial charge on any atom is 0.0745 e. The molecule has 1 N–H and O–H groups in total. The second kappa shape index (κ2) is 3.18. The van der Waals surface area contributed by atoms with E-state index in [2.05, 4.69) is 0 Å². The highest BCUT2D eigenvalue weighted by molar-refractivity contribution is 4.71. The number of aliphatic hydroxyl groups is 1. The van der Waals surface area contributed by atoms with Gasteiger partial charge in [0.15, 0.2) is 0 Å². The molecule has 0 heterocycles. The Kier molecular flexibility index (Phi) is 2.49. The van der Waals surface area contributed by atoms with Gasteiger partial charge in [0.2, 0.25) is 0 Å². The first-order chi connectivity index (χ1) is 4.29. The first-order valence-electron chi connectivity index (χ1n) is 3.55. The van der Waals surface area contributed by atoms with Crippen molar-refractivity contribution in [3.8, 4) is 0 Å². The minimum atomic E-state index is -0.302. The van der Waals surface area contributed by atoms with Crippen molar-refractivity contribution >= 4 is 0 Å². The van der Waals surface area contributed by atoms with E-state index < -0.39 is 0 Å². The van der Waals surface area contributed by atoms with Crippen LogP contribution in [0.25, 0.3) is 0 Å². The summed E-state index contributed by atoms with van der Waals surface area (Å²) in [7, 11) is 0. The van der Waals surface area contributed by atoms with E-state index in [4.69, 9.17) is 9.84 Å². The minimum Gasteiger partial charge on any atom is -0.391 e. The van der Waals surface area contributed by atoms with Crippen molar-refractivity contribution in [2.24, 2.45) is 5.92 Å². The van der Waals surface area contributed by atoms with Gasteiger partial charge < -0.3 is 9.84 Å². The number of rotatable bonds is 4. The highest BCUT2D eigenvalue weighted by Crippen LogP contribution is 2.28. The van der Waals surface area contributed by atoms with Crippen LogP contribution in [0.4, 0.5) is 0 Å². The van der Waals surface area contributed by atoms with E-state index in [1.54, 1.807) is 6.92 Å². The van der Waals surface area contributed by atoms with Gasteiger partial charge in [-0.05, 0) is 25.7 Å². The zero-order chi connectivity index (χ0) is 6.69. The summed E-state index contributed by atoms with van der Waals surface area (Å²) in [5, 5.41) is 8.76. The predicted octanol–water partition coefficient (Wildman–Crippen LogP) is 0.794. The molecule has 2 nitrogen and oxygen atoms in total. The smallest absolute Gasteiger partial charge is 0.0745 e. The summed E-state index contributed by atoms with van der Waals surface area (Å²) < 4.78 is 5.17. The number of ether oxygens (including phenoxy) is 1. The Labute approximate surface area is 55.8 Å². The van der Waals surface area contributed by atoms with Gasteiger partial charge >= 0.3 is 0 Å². The lowest BCUT2D eigenvalue weighted by atomic mass is 10.4. The average Bonchev–Trinajstić information content (AvgIpc) is 2.48. The van der Waals surface area contributed by atoms with Gasteiger partial charge in [-0.2, -0.15) is 0 Å². The molecule has 0 aromatic carbocycles. The first-order valence-corrected chi connectivity index (χ1v) is 3.55. The molecule has 54 valence electrons. The molecule has 0 aromatic heterocycles. The van der Waals surface area contributed by atoms with Crippen LogP contribution in [-0.2, 0) is 4.74 Å². The van der Waals surface area contributed by atoms with Crippen LogP contribution in [0, 0.1) is 5.92 Å². The Morgan fingerprint density at radius 2 is 2.33 bits per heavy atom. The van der Waals surface area contributed by atoms with Crippen molar-refractivity contribution in [1.29, 1.82) is 0 Å². The van der Waals surface area contributed by atoms with Crippen molar-refractivity contribution < 1.29 is 9.84 Å². The van der Waals surface area contributed by atoms with E-state index in [1.807, 2.05) is 0 Å². The standard InChI is InChI=1S/C7H14O2/c1-6(8)4-9-5-7-2-3-7/h6-8H,2-5H2,1H3/t6-/m1/s1. The van der Waals surface area contributed by atoms with Gasteiger partial charge in [0.05, 0.1) is 12.7 Å². The summed E-state index contributed by atoms with van der Waals surface area (Å²) >= 11 is 0. The van der Waals surface area contributed by atoms with E-state index in [-0.39, 0.29) is 6.10 Å². The molecule has 9 heavy (non-hydrogen) atoms. The number of hydrogen-bond acceptors (Lipinski definition) is 2.